The maximum absolute atomic E-state index is 14.5. The van der Waals surface area contributed by atoms with Crippen molar-refractivity contribution in [2.24, 2.45) is 0 Å². The van der Waals surface area contributed by atoms with E-state index in [1.165, 1.54) is 0 Å². The second-order valence-corrected chi connectivity index (χ2v) is 12.0. The van der Waals surface area contributed by atoms with E-state index in [4.69, 9.17) is 0 Å². The number of sulfonamides is 1. The highest BCUT2D eigenvalue weighted by atomic mass is 32.2. The number of hydrogen-bond donors (Lipinski definition) is 1. The van der Waals surface area contributed by atoms with Crippen LogP contribution in [0.2, 0.25) is 0 Å². The molecule has 2 aliphatic carbocycles. The molecule has 1 heterocycles. The Morgan fingerprint density at radius 2 is 1.50 bits per heavy atom. The normalized spacial score (nSPS) is 15.7. The second kappa shape index (κ2) is 9.77. The van der Waals surface area contributed by atoms with Gasteiger partial charge in [-0.05, 0) is 67.5 Å². The number of aryl methyl sites for hydroxylation is 1. The molecule has 208 valence electrons. The van der Waals surface area contributed by atoms with E-state index in [0.29, 0.717) is 30.3 Å². The van der Waals surface area contributed by atoms with Gasteiger partial charge in [-0.3, -0.25) is 0 Å². The first-order valence-corrected chi connectivity index (χ1v) is 14.2. The highest BCUT2D eigenvalue weighted by Gasteiger charge is 2.43. The van der Waals surface area contributed by atoms with Crippen LogP contribution in [0, 0.1) is 36.0 Å². The lowest BCUT2D eigenvalue weighted by Crippen LogP contribution is -2.34. The minimum absolute atomic E-state index is 0.315. The predicted octanol–water partition coefficient (Wildman–Crippen LogP) is 6.23. The largest absolute Gasteiger partial charge is 0.367 e. The van der Waals surface area contributed by atoms with Crippen molar-refractivity contribution >= 4 is 26.7 Å². The van der Waals surface area contributed by atoms with Gasteiger partial charge in [0.1, 0.15) is 11.6 Å². The molecule has 0 atom stereocenters. The standard InChI is InChI=1S/C28H23F5N4O2S/c1-14-34-21-10-5-17(12-20(21)28(35-14)36-18-6-7-18)16-4-2-3-15(11-16)13-37(19-8-9-19)40(38,39)27-25(32)23(30)22(29)24(31)26(27)33/h2-5,10-12,18-19H,6-9,13H2,1H3,(H,34,35,36). The summed E-state index contributed by atoms with van der Waals surface area (Å²) >= 11 is 0. The lowest BCUT2D eigenvalue weighted by atomic mass is 10.0. The van der Waals surface area contributed by atoms with Gasteiger partial charge < -0.3 is 5.32 Å². The van der Waals surface area contributed by atoms with Crippen molar-refractivity contribution in [3.8, 4) is 11.1 Å². The van der Waals surface area contributed by atoms with E-state index >= 15 is 0 Å². The second-order valence-electron chi connectivity index (χ2n) is 10.2. The Morgan fingerprint density at radius 1 is 0.850 bits per heavy atom. The summed E-state index contributed by atoms with van der Waals surface area (Å²) in [6, 6.07) is 12.3. The molecule has 0 saturated heterocycles. The van der Waals surface area contributed by atoms with Crippen molar-refractivity contribution in [3.05, 3.63) is 82.9 Å². The molecule has 0 aliphatic heterocycles. The Balaban J connectivity index is 1.36. The van der Waals surface area contributed by atoms with Crippen LogP contribution in [0.15, 0.2) is 47.4 Å². The van der Waals surface area contributed by atoms with E-state index in [9.17, 15) is 30.4 Å². The highest BCUT2D eigenvalue weighted by molar-refractivity contribution is 7.89. The number of nitrogens with zero attached hydrogens (tertiary/aromatic N) is 3. The molecule has 40 heavy (non-hydrogen) atoms. The quantitative estimate of drug-likeness (QED) is 0.154. The summed E-state index contributed by atoms with van der Waals surface area (Å²) in [5, 5.41) is 4.25. The zero-order valence-electron chi connectivity index (χ0n) is 21.2. The number of fused-ring (bicyclic) bond motifs is 1. The lowest BCUT2D eigenvalue weighted by molar-refractivity contribution is 0.346. The van der Waals surface area contributed by atoms with E-state index in [1.807, 2.05) is 31.2 Å². The predicted molar refractivity (Wildman–Crippen MR) is 138 cm³/mol. The van der Waals surface area contributed by atoms with Crippen molar-refractivity contribution in [2.75, 3.05) is 5.32 Å². The van der Waals surface area contributed by atoms with Crippen LogP contribution in [0.4, 0.5) is 27.8 Å². The Bertz CT molecular complexity index is 1750. The van der Waals surface area contributed by atoms with Crippen LogP contribution >= 0.6 is 0 Å². The molecule has 0 bridgehead atoms. The van der Waals surface area contributed by atoms with E-state index in [-0.39, 0.29) is 6.54 Å². The van der Waals surface area contributed by atoms with Crippen LogP contribution in [0.5, 0.6) is 0 Å². The van der Waals surface area contributed by atoms with Gasteiger partial charge in [0, 0.05) is 24.0 Å². The Labute approximate surface area is 226 Å². The molecule has 2 fully saturated rings. The van der Waals surface area contributed by atoms with Gasteiger partial charge in [-0.1, -0.05) is 24.3 Å². The average molecular weight is 575 g/mol. The fourth-order valence-electron chi connectivity index (χ4n) is 4.69. The number of hydrogen-bond acceptors (Lipinski definition) is 5. The van der Waals surface area contributed by atoms with Crippen LogP contribution in [-0.4, -0.2) is 34.8 Å². The third-order valence-corrected chi connectivity index (χ3v) is 8.93. The van der Waals surface area contributed by atoms with Gasteiger partial charge in [-0.2, -0.15) is 4.31 Å². The van der Waals surface area contributed by atoms with Gasteiger partial charge in [0.05, 0.1) is 5.52 Å². The number of benzene rings is 3. The van der Waals surface area contributed by atoms with Crippen molar-refractivity contribution < 1.29 is 30.4 Å². The fourth-order valence-corrected chi connectivity index (χ4v) is 6.47. The summed E-state index contributed by atoms with van der Waals surface area (Å²) in [6.45, 7) is 1.51. The Hall–Kier alpha value is -3.64. The minimum Gasteiger partial charge on any atom is -0.367 e. The number of aromatic nitrogens is 2. The fraction of sp³-hybridized carbons (Fsp3) is 0.286. The molecule has 4 aromatic rings. The molecule has 6 nitrogen and oxygen atoms in total. The monoisotopic (exact) mass is 574 g/mol. The third-order valence-electron chi connectivity index (χ3n) is 7.01. The highest BCUT2D eigenvalue weighted by Crippen LogP contribution is 2.37. The summed E-state index contributed by atoms with van der Waals surface area (Å²) < 4.78 is 97.7. The van der Waals surface area contributed by atoms with Crippen molar-refractivity contribution in [2.45, 2.75) is 56.1 Å². The first kappa shape index (κ1) is 26.6. The summed E-state index contributed by atoms with van der Waals surface area (Å²) in [7, 11) is -5.07. The van der Waals surface area contributed by atoms with Gasteiger partial charge in [0.15, 0.2) is 28.2 Å². The van der Waals surface area contributed by atoms with Gasteiger partial charge in [-0.25, -0.2) is 40.3 Å². The van der Waals surface area contributed by atoms with Crippen LogP contribution in [0.25, 0.3) is 22.0 Å². The van der Waals surface area contributed by atoms with E-state index < -0.39 is 50.0 Å². The summed E-state index contributed by atoms with van der Waals surface area (Å²) in [6.07, 6.45) is 2.93. The maximum atomic E-state index is 14.5. The first-order valence-electron chi connectivity index (χ1n) is 12.7. The smallest absolute Gasteiger partial charge is 0.249 e. The molecule has 3 aromatic carbocycles. The summed E-state index contributed by atoms with van der Waals surface area (Å²) in [4.78, 5) is 7.22. The summed E-state index contributed by atoms with van der Waals surface area (Å²) in [5.41, 5.74) is 2.79. The Morgan fingerprint density at radius 3 is 2.15 bits per heavy atom. The van der Waals surface area contributed by atoms with Crippen LogP contribution in [-0.2, 0) is 16.6 Å². The van der Waals surface area contributed by atoms with Gasteiger partial charge in [0.25, 0.3) is 0 Å². The molecule has 0 amide bonds. The van der Waals surface area contributed by atoms with Crippen LogP contribution < -0.4 is 5.32 Å². The average Bonchev–Trinajstić information content (AvgIpc) is 3.85. The lowest BCUT2D eigenvalue weighted by Gasteiger charge is -2.23. The third kappa shape index (κ3) is 4.79. The number of rotatable bonds is 8. The molecular weight excluding hydrogens is 551 g/mol. The maximum Gasteiger partial charge on any atom is 0.249 e. The molecule has 2 aliphatic rings. The number of halogens is 5. The molecule has 1 aromatic heterocycles. The zero-order chi connectivity index (χ0) is 28.3. The minimum atomic E-state index is -5.07. The molecule has 0 unspecified atom stereocenters. The van der Waals surface area contributed by atoms with Gasteiger partial charge in [0.2, 0.25) is 15.8 Å². The molecule has 12 heteroatoms. The summed E-state index contributed by atoms with van der Waals surface area (Å²) in [5.74, 6) is -10.4. The van der Waals surface area contributed by atoms with Crippen molar-refractivity contribution in [1.82, 2.24) is 14.3 Å². The molecule has 0 radical (unpaired) electrons. The molecular formula is C28H23F5N4O2S. The first-order chi connectivity index (χ1) is 19.0. The van der Waals surface area contributed by atoms with E-state index in [0.717, 1.165) is 45.0 Å². The van der Waals surface area contributed by atoms with Crippen LogP contribution in [0.3, 0.4) is 0 Å². The van der Waals surface area contributed by atoms with E-state index in [2.05, 4.69) is 15.3 Å². The van der Waals surface area contributed by atoms with Crippen LogP contribution in [0.1, 0.15) is 37.1 Å². The van der Waals surface area contributed by atoms with Gasteiger partial charge >= 0.3 is 0 Å². The van der Waals surface area contributed by atoms with Crippen molar-refractivity contribution in [3.63, 3.8) is 0 Å². The zero-order valence-corrected chi connectivity index (χ0v) is 22.0. The molecule has 6 rings (SSSR count). The van der Waals surface area contributed by atoms with E-state index in [1.54, 1.807) is 18.2 Å². The number of anilines is 1. The number of nitrogens with one attached hydrogen (secondary N) is 1. The topological polar surface area (TPSA) is 75.2 Å². The van der Waals surface area contributed by atoms with Gasteiger partial charge in [-0.15, -0.1) is 0 Å². The molecule has 0 spiro atoms. The SMILES string of the molecule is Cc1nc(NC2CC2)c2cc(-c3cccc(CN(C4CC4)S(=O)(=O)c4c(F)c(F)c(F)c(F)c4F)c3)ccc2n1. The Kier molecular flexibility index (Phi) is 6.49. The molecule has 2 saturated carbocycles. The molecule has 1 N–H and O–H groups in total. The van der Waals surface area contributed by atoms with Crippen molar-refractivity contribution in [1.29, 1.82) is 0 Å².